The van der Waals surface area contributed by atoms with Crippen molar-refractivity contribution in [3.8, 4) is 0 Å². The van der Waals surface area contributed by atoms with Crippen molar-refractivity contribution in [2.24, 2.45) is 27.2 Å². The van der Waals surface area contributed by atoms with Crippen molar-refractivity contribution in [2.45, 2.75) is 18.7 Å². The minimum atomic E-state index is -3.33. The molecule has 0 bridgehead atoms. The largest absolute Gasteiger partial charge is 0.370 e. The Hall–Kier alpha value is -2.09. The third-order valence-electron chi connectivity index (χ3n) is 2.45. The van der Waals surface area contributed by atoms with Crippen LogP contribution in [0.3, 0.4) is 0 Å². The molecule has 0 radical (unpaired) electrons. The van der Waals surface area contributed by atoms with Crippen LogP contribution in [0, 0.1) is 13.8 Å². The number of sulfone groups is 1. The van der Waals surface area contributed by atoms with E-state index in [4.69, 9.17) is 17.2 Å². The van der Waals surface area contributed by atoms with Crippen LogP contribution in [0.4, 0.5) is 5.69 Å². The molecule has 0 aliphatic carbocycles. The zero-order chi connectivity index (χ0) is 14.8. The third kappa shape index (κ3) is 3.68. The Morgan fingerprint density at radius 3 is 2.21 bits per heavy atom. The van der Waals surface area contributed by atoms with E-state index in [0.29, 0.717) is 11.3 Å². The number of nitrogens with zero attached hydrogens (tertiary/aromatic N) is 2. The molecule has 1 aromatic rings. The molecule has 0 fully saturated rings. The Labute approximate surface area is 112 Å². The van der Waals surface area contributed by atoms with E-state index in [1.165, 1.54) is 6.07 Å². The molecule has 0 heterocycles. The molecule has 8 heteroatoms. The number of guanidine groups is 2. The molecule has 0 saturated heterocycles. The van der Waals surface area contributed by atoms with Crippen LogP contribution < -0.4 is 17.2 Å². The second-order valence-corrected chi connectivity index (χ2v) is 6.12. The topological polar surface area (TPSA) is 137 Å². The van der Waals surface area contributed by atoms with Crippen molar-refractivity contribution >= 4 is 27.4 Å². The molecule has 0 saturated carbocycles. The van der Waals surface area contributed by atoms with Crippen LogP contribution in [-0.2, 0) is 9.84 Å². The third-order valence-corrected chi connectivity index (χ3v) is 3.69. The molecule has 0 atom stereocenters. The van der Waals surface area contributed by atoms with Gasteiger partial charge >= 0.3 is 0 Å². The molecular formula is C11H17N5O2S. The van der Waals surface area contributed by atoms with Crippen molar-refractivity contribution < 1.29 is 8.42 Å². The number of aliphatic imine (C=N–C) groups is 2. The van der Waals surface area contributed by atoms with Crippen molar-refractivity contribution in [3.05, 3.63) is 23.3 Å². The minimum Gasteiger partial charge on any atom is -0.370 e. The average Bonchev–Trinajstić information content (AvgIpc) is 2.21. The highest BCUT2D eigenvalue weighted by atomic mass is 32.2. The van der Waals surface area contributed by atoms with Crippen LogP contribution in [-0.4, -0.2) is 26.6 Å². The van der Waals surface area contributed by atoms with Crippen molar-refractivity contribution in [3.63, 3.8) is 0 Å². The van der Waals surface area contributed by atoms with E-state index in [0.717, 1.165) is 11.8 Å². The summed E-state index contributed by atoms with van der Waals surface area (Å²) in [7, 11) is -3.33. The zero-order valence-corrected chi connectivity index (χ0v) is 11.8. The van der Waals surface area contributed by atoms with E-state index in [2.05, 4.69) is 9.98 Å². The molecule has 0 spiro atoms. The van der Waals surface area contributed by atoms with Gasteiger partial charge in [-0.15, -0.1) is 0 Å². The highest BCUT2D eigenvalue weighted by molar-refractivity contribution is 7.90. The standard InChI is InChI=1S/C11H17N5O2S/c1-6-4-5-8(19(3,17)18)7(2)9(6)15-11(14)16-10(12)13/h4-5H,1-3H3,(H6,12,13,14,15,16). The Morgan fingerprint density at radius 1 is 1.16 bits per heavy atom. The second kappa shape index (κ2) is 5.27. The lowest BCUT2D eigenvalue weighted by atomic mass is 10.1. The first-order valence-corrected chi connectivity index (χ1v) is 7.26. The summed E-state index contributed by atoms with van der Waals surface area (Å²) in [6.45, 7) is 3.45. The molecule has 7 nitrogen and oxygen atoms in total. The predicted molar refractivity (Wildman–Crippen MR) is 76.1 cm³/mol. The highest BCUT2D eigenvalue weighted by Gasteiger charge is 2.15. The van der Waals surface area contributed by atoms with Gasteiger partial charge in [-0.05, 0) is 31.0 Å². The second-order valence-electron chi connectivity index (χ2n) is 4.13. The summed E-state index contributed by atoms with van der Waals surface area (Å²) < 4.78 is 23.3. The Morgan fingerprint density at radius 2 is 1.74 bits per heavy atom. The minimum absolute atomic E-state index is 0.128. The lowest BCUT2D eigenvalue weighted by Gasteiger charge is -2.09. The van der Waals surface area contributed by atoms with Gasteiger partial charge in [0.15, 0.2) is 15.8 Å². The summed E-state index contributed by atoms with van der Waals surface area (Å²) in [5.74, 6) is -0.340. The SMILES string of the molecule is Cc1ccc(S(C)(=O)=O)c(C)c1N=C(N)N=C(N)N. The van der Waals surface area contributed by atoms with Gasteiger partial charge in [-0.2, -0.15) is 4.99 Å². The molecule has 19 heavy (non-hydrogen) atoms. The average molecular weight is 283 g/mol. The van der Waals surface area contributed by atoms with Gasteiger partial charge in [-0.1, -0.05) is 6.07 Å². The Kier molecular flexibility index (Phi) is 4.15. The van der Waals surface area contributed by atoms with E-state index in [9.17, 15) is 8.42 Å². The first-order chi connectivity index (χ1) is 8.62. The fourth-order valence-corrected chi connectivity index (χ4v) is 2.63. The van der Waals surface area contributed by atoms with Crippen LogP contribution in [0.2, 0.25) is 0 Å². The number of aryl methyl sites for hydroxylation is 1. The van der Waals surface area contributed by atoms with E-state index in [1.54, 1.807) is 19.9 Å². The number of nitrogens with two attached hydrogens (primary N) is 3. The van der Waals surface area contributed by atoms with E-state index in [-0.39, 0.29) is 16.8 Å². The van der Waals surface area contributed by atoms with Gasteiger partial charge in [0, 0.05) is 6.26 Å². The summed E-state index contributed by atoms with van der Waals surface area (Å²) in [5.41, 5.74) is 17.7. The maximum Gasteiger partial charge on any atom is 0.223 e. The molecule has 0 amide bonds. The lowest BCUT2D eigenvalue weighted by molar-refractivity contribution is 0.601. The maximum atomic E-state index is 11.6. The molecular weight excluding hydrogens is 266 g/mol. The smallest absolute Gasteiger partial charge is 0.223 e. The molecule has 1 rings (SSSR count). The van der Waals surface area contributed by atoms with Crippen molar-refractivity contribution in [1.82, 2.24) is 0 Å². The summed E-state index contributed by atoms with van der Waals surface area (Å²) in [5, 5.41) is 0. The van der Waals surface area contributed by atoms with Crippen LogP contribution in [0.15, 0.2) is 27.0 Å². The molecule has 104 valence electrons. The lowest BCUT2D eigenvalue weighted by Crippen LogP contribution is -2.26. The van der Waals surface area contributed by atoms with Crippen LogP contribution >= 0.6 is 0 Å². The Balaban J connectivity index is 3.49. The van der Waals surface area contributed by atoms with E-state index in [1.807, 2.05) is 0 Å². The van der Waals surface area contributed by atoms with Crippen LogP contribution in [0.25, 0.3) is 0 Å². The van der Waals surface area contributed by atoms with Gasteiger partial charge < -0.3 is 17.2 Å². The van der Waals surface area contributed by atoms with Gasteiger partial charge in [0.2, 0.25) is 5.96 Å². The number of benzene rings is 1. The first-order valence-electron chi connectivity index (χ1n) is 5.37. The van der Waals surface area contributed by atoms with Crippen LogP contribution in [0.1, 0.15) is 11.1 Å². The van der Waals surface area contributed by atoms with Crippen molar-refractivity contribution in [2.75, 3.05) is 6.26 Å². The molecule has 6 N–H and O–H groups in total. The van der Waals surface area contributed by atoms with Gasteiger partial charge in [0.25, 0.3) is 0 Å². The Bertz CT molecular complexity index is 658. The molecule has 1 aromatic carbocycles. The first kappa shape index (κ1) is 15.0. The number of rotatable bonds is 2. The van der Waals surface area contributed by atoms with Gasteiger partial charge in [-0.25, -0.2) is 13.4 Å². The molecule has 0 aliphatic rings. The predicted octanol–water partition coefficient (Wildman–Crippen LogP) is -0.0735. The van der Waals surface area contributed by atoms with Crippen molar-refractivity contribution in [1.29, 1.82) is 0 Å². The number of hydrogen-bond donors (Lipinski definition) is 3. The van der Waals surface area contributed by atoms with E-state index >= 15 is 0 Å². The maximum absolute atomic E-state index is 11.6. The summed E-state index contributed by atoms with van der Waals surface area (Å²) in [4.78, 5) is 7.86. The fourth-order valence-electron chi connectivity index (χ4n) is 1.66. The molecule has 0 aliphatic heterocycles. The fraction of sp³-hybridized carbons (Fsp3) is 0.273. The summed E-state index contributed by atoms with van der Waals surface area (Å²) in [6.07, 6.45) is 1.14. The van der Waals surface area contributed by atoms with Crippen LogP contribution in [0.5, 0.6) is 0 Å². The number of hydrogen-bond acceptors (Lipinski definition) is 3. The highest BCUT2D eigenvalue weighted by Crippen LogP contribution is 2.29. The van der Waals surface area contributed by atoms with E-state index < -0.39 is 9.84 Å². The zero-order valence-electron chi connectivity index (χ0n) is 11.0. The normalized spacial score (nSPS) is 12.3. The molecule has 0 aromatic heterocycles. The monoisotopic (exact) mass is 283 g/mol. The molecule has 0 unspecified atom stereocenters. The summed E-state index contributed by atoms with van der Waals surface area (Å²) in [6, 6.07) is 3.20. The van der Waals surface area contributed by atoms with Gasteiger partial charge in [0.1, 0.15) is 0 Å². The summed E-state index contributed by atoms with van der Waals surface area (Å²) >= 11 is 0. The quantitative estimate of drug-likeness (QED) is 0.515. The van der Waals surface area contributed by atoms with Gasteiger partial charge in [0.05, 0.1) is 10.6 Å². The van der Waals surface area contributed by atoms with Gasteiger partial charge in [-0.3, -0.25) is 0 Å².